The molecule has 1 fully saturated rings. The van der Waals surface area contributed by atoms with Crippen LogP contribution in [0.25, 0.3) is 22.6 Å². The first-order valence-electron chi connectivity index (χ1n) is 12.2. The van der Waals surface area contributed by atoms with E-state index in [1.807, 2.05) is 30.3 Å². The van der Waals surface area contributed by atoms with Crippen molar-refractivity contribution in [3.05, 3.63) is 63.5 Å². The number of nitrogens with one attached hydrogen (secondary N) is 1. The van der Waals surface area contributed by atoms with E-state index in [4.69, 9.17) is 9.72 Å². The molecule has 0 saturated heterocycles. The summed E-state index contributed by atoms with van der Waals surface area (Å²) in [6.07, 6.45) is 8.94. The molecule has 1 atom stereocenters. The Morgan fingerprint density at radius 3 is 2.76 bits per heavy atom. The van der Waals surface area contributed by atoms with Gasteiger partial charge in [0.1, 0.15) is 0 Å². The molecular formula is C28H30N2O3S. The van der Waals surface area contributed by atoms with E-state index >= 15 is 0 Å². The van der Waals surface area contributed by atoms with E-state index < -0.39 is 12.1 Å². The molecule has 5 nitrogen and oxygen atoms in total. The largest absolute Gasteiger partial charge is 0.449 e. The fourth-order valence-corrected chi connectivity index (χ4v) is 5.79. The average Bonchev–Trinajstić information content (AvgIpc) is 3.52. The molecule has 2 aliphatic carbocycles. The first-order valence-corrected chi connectivity index (χ1v) is 13.1. The summed E-state index contributed by atoms with van der Waals surface area (Å²) in [5.41, 5.74) is 4.23. The van der Waals surface area contributed by atoms with Crippen LogP contribution < -0.4 is 5.32 Å². The molecule has 0 radical (unpaired) electrons. The number of nitrogens with zero attached hydrogens (tertiary/aromatic N) is 1. The molecule has 0 unspecified atom stereocenters. The van der Waals surface area contributed by atoms with Crippen LogP contribution >= 0.6 is 11.3 Å². The molecule has 1 saturated carbocycles. The SMILES string of the molecule is C[C@@H](OC(=O)c1c2c(nc3ccccc13)/C(=C/c1cccs1)CC2)C(=O)NCC1CCCCC1. The van der Waals surface area contributed by atoms with Gasteiger partial charge in [-0.3, -0.25) is 4.79 Å². The van der Waals surface area contributed by atoms with Gasteiger partial charge in [-0.25, -0.2) is 9.78 Å². The fourth-order valence-electron chi connectivity index (χ4n) is 5.11. The predicted molar refractivity (Wildman–Crippen MR) is 137 cm³/mol. The smallest absolute Gasteiger partial charge is 0.339 e. The molecule has 3 aromatic rings. The van der Waals surface area contributed by atoms with E-state index in [-0.39, 0.29) is 5.91 Å². The number of ether oxygens (including phenoxy) is 1. The second-order valence-electron chi connectivity index (χ2n) is 9.31. The van der Waals surface area contributed by atoms with Crippen molar-refractivity contribution in [2.45, 2.75) is 58.0 Å². The minimum Gasteiger partial charge on any atom is -0.449 e. The molecule has 0 spiro atoms. The summed E-state index contributed by atoms with van der Waals surface area (Å²) in [6.45, 7) is 2.31. The van der Waals surface area contributed by atoms with Crippen LogP contribution in [-0.4, -0.2) is 29.5 Å². The number of carbonyl (C=O) groups excluding carboxylic acids is 2. The third kappa shape index (κ3) is 4.78. The van der Waals surface area contributed by atoms with Gasteiger partial charge in [-0.05, 0) is 73.3 Å². The topological polar surface area (TPSA) is 68.3 Å². The van der Waals surface area contributed by atoms with Crippen molar-refractivity contribution < 1.29 is 14.3 Å². The van der Waals surface area contributed by atoms with Crippen molar-refractivity contribution in [1.29, 1.82) is 0 Å². The van der Waals surface area contributed by atoms with Crippen LogP contribution in [0.3, 0.4) is 0 Å². The van der Waals surface area contributed by atoms with Gasteiger partial charge in [0.25, 0.3) is 5.91 Å². The molecule has 2 heterocycles. The van der Waals surface area contributed by atoms with Crippen molar-refractivity contribution in [1.82, 2.24) is 10.3 Å². The normalized spacial score (nSPS) is 18.1. The van der Waals surface area contributed by atoms with Gasteiger partial charge >= 0.3 is 5.97 Å². The van der Waals surface area contributed by atoms with Gasteiger partial charge in [0.15, 0.2) is 6.10 Å². The Kier molecular flexibility index (Phi) is 6.77. The maximum Gasteiger partial charge on any atom is 0.339 e. The van der Waals surface area contributed by atoms with E-state index in [0.29, 0.717) is 18.0 Å². The van der Waals surface area contributed by atoms with E-state index in [9.17, 15) is 9.59 Å². The lowest BCUT2D eigenvalue weighted by molar-refractivity contribution is -0.129. The molecule has 176 valence electrons. The summed E-state index contributed by atoms with van der Waals surface area (Å²) >= 11 is 1.68. The van der Waals surface area contributed by atoms with Gasteiger partial charge in [-0.15, -0.1) is 11.3 Å². The Labute approximate surface area is 204 Å². The molecular weight excluding hydrogens is 444 g/mol. The summed E-state index contributed by atoms with van der Waals surface area (Å²) in [5.74, 6) is -0.152. The quantitative estimate of drug-likeness (QED) is 0.443. The van der Waals surface area contributed by atoms with E-state index in [2.05, 4.69) is 22.8 Å². The Morgan fingerprint density at radius 1 is 1.15 bits per heavy atom. The zero-order valence-electron chi connectivity index (χ0n) is 19.5. The molecule has 0 aliphatic heterocycles. The second-order valence-corrected chi connectivity index (χ2v) is 10.3. The number of carbonyl (C=O) groups is 2. The zero-order chi connectivity index (χ0) is 23.5. The molecule has 1 aromatic carbocycles. The monoisotopic (exact) mass is 474 g/mol. The molecule has 34 heavy (non-hydrogen) atoms. The molecule has 5 rings (SSSR count). The van der Waals surface area contributed by atoms with Gasteiger partial charge < -0.3 is 10.1 Å². The zero-order valence-corrected chi connectivity index (χ0v) is 20.3. The van der Waals surface area contributed by atoms with Gasteiger partial charge in [0.2, 0.25) is 0 Å². The van der Waals surface area contributed by atoms with Crippen LogP contribution in [0.4, 0.5) is 0 Å². The van der Waals surface area contributed by atoms with Gasteiger partial charge in [0, 0.05) is 16.8 Å². The Morgan fingerprint density at radius 2 is 1.97 bits per heavy atom. The number of hydrogen-bond acceptors (Lipinski definition) is 5. The Bertz CT molecular complexity index is 1230. The minimum absolute atomic E-state index is 0.229. The summed E-state index contributed by atoms with van der Waals surface area (Å²) in [5, 5.41) is 5.83. The maximum atomic E-state index is 13.4. The van der Waals surface area contributed by atoms with Gasteiger partial charge in [0.05, 0.1) is 16.8 Å². The average molecular weight is 475 g/mol. The highest BCUT2D eigenvalue weighted by molar-refractivity contribution is 7.10. The number of esters is 1. The number of fused-ring (bicyclic) bond motifs is 2. The number of pyridine rings is 1. The number of amides is 1. The van der Waals surface area contributed by atoms with Crippen molar-refractivity contribution in [2.24, 2.45) is 5.92 Å². The fraction of sp³-hybridized carbons (Fsp3) is 0.393. The number of allylic oxidation sites excluding steroid dienone is 1. The minimum atomic E-state index is -0.846. The van der Waals surface area contributed by atoms with Crippen LogP contribution in [0, 0.1) is 5.92 Å². The van der Waals surface area contributed by atoms with Crippen molar-refractivity contribution >= 4 is 45.8 Å². The van der Waals surface area contributed by atoms with Crippen LogP contribution in [-0.2, 0) is 16.0 Å². The molecule has 6 heteroatoms. The predicted octanol–water partition coefficient (Wildman–Crippen LogP) is 6.02. The molecule has 1 N–H and O–H groups in total. The molecule has 1 amide bonds. The van der Waals surface area contributed by atoms with E-state index in [0.717, 1.165) is 53.4 Å². The number of para-hydroxylation sites is 1. The van der Waals surface area contributed by atoms with Crippen LogP contribution in [0.2, 0.25) is 0 Å². The van der Waals surface area contributed by atoms with Crippen LogP contribution in [0.5, 0.6) is 0 Å². The standard InChI is InChI=1S/C28H30N2O3S/c1-18(27(31)29-17-19-8-3-2-4-9-19)33-28(32)25-22-11-5-6-12-24(22)30-26-20(13-14-23(25)26)16-21-10-7-15-34-21/h5-7,10-12,15-16,18-19H,2-4,8-9,13-14,17H2,1H3,(H,29,31)/b20-16+/t18-/m1/s1. The van der Waals surface area contributed by atoms with E-state index in [1.165, 1.54) is 24.1 Å². The first-order chi connectivity index (χ1) is 16.6. The number of aromatic nitrogens is 1. The molecule has 2 aromatic heterocycles. The highest BCUT2D eigenvalue weighted by atomic mass is 32.1. The van der Waals surface area contributed by atoms with Crippen molar-refractivity contribution in [3.8, 4) is 0 Å². The number of thiophene rings is 1. The Balaban J connectivity index is 1.38. The van der Waals surface area contributed by atoms with Gasteiger partial charge in [-0.1, -0.05) is 43.5 Å². The lowest BCUT2D eigenvalue weighted by Gasteiger charge is -2.23. The maximum absolute atomic E-state index is 13.4. The highest BCUT2D eigenvalue weighted by Crippen LogP contribution is 2.38. The molecule has 2 aliphatic rings. The second kappa shape index (κ2) is 10.1. The highest BCUT2D eigenvalue weighted by Gasteiger charge is 2.29. The number of benzene rings is 1. The lowest BCUT2D eigenvalue weighted by atomic mass is 9.89. The number of rotatable bonds is 6. The summed E-state index contributed by atoms with van der Waals surface area (Å²) < 4.78 is 5.72. The Hall–Kier alpha value is -2.99. The number of hydrogen-bond donors (Lipinski definition) is 1. The third-order valence-corrected chi connectivity index (χ3v) is 7.77. The van der Waals surface area contributed by atoms with Crippen LogP contribution in [0.1, 0.15) is 71.9 Å². The molecule has 0 bridgehead atoms. The van der Waals surface area contributed by atoms with Gasteiger partial charge in [-0.2, -0.15) is 0 Å². The van der Waals surface area contributed by atoms with Crippen LogP contribution in [0.15, 0.2) is 41.8 Å². The lowest BCUT2D eigenvalue weighted by Crippen LogP contribution is -2.38. The third-order valence-electron chi connectivity index (χ3n) is 6.95. The summed E-state index contributed by atoms with van der Waals surface area (Å²) in [7, 11) is 0. The van der Waals surface area contributed by atoms with E-state index in [1.54, 1.807) is 18.3 Å². The summed E-state index contributed by atoms with van der Waals surface area (Å²) in [4.78, 5) is 32.2. The van der Waals surface area contributed by atoms with Crippen molar-refractivity contribution in [3.63, 3.8) is 0 Å². The summed E-state index contributed by atoms with van der Waals surface area (Å²) in [6, 6.07) is 11.8. The first kappa shape index (κ1) is 22.8. The van der Waals surface area contributed by atoms with Crippen molar-refractivity contribution in [2.75, 3.05) is 6.54 Å².